The summed E-state index contributed by atoms with van der Waals surface area (Å²) in [7, 11) is 1.55. The molecule has 2 aromatic carbocycles. The standard InChI is InChI=1S/C25H27N5O4/c1-17-7-9-18(10-8-17)22-15-30-20(16-34-22)23(26-27-30)25(32)29-13-11-28(12-14-29)24(31)19-5-3-4-6-21(19)33-2/h3-10,22H,11-16H2,1-2H3. The Morgan fingerprint density at radius 2 is 1.65 bits per heavy atom. The molecule has 9 nitrogen and oxygen atoms in total. The maximum absolute atomic E-state index is 13.2. The Bertz CT molecular complexity index is 1200. The third-order valence-electron chi connectivity index (χ3n) is 6.44. The molecule has 1 aromatic heterocycles. The molecule has 0 spiro atoms. The molecule has 0 N–H and O–H groups in total. The Labute approximate surface area is 197 Å². The molecule has 3 heterocycles. The number of methoxy groups -OCH3 is 1. The van der Waals surface area contributed by atoms with Crippen molar-refractivity contribution in [2.45, 2.75) is 26.2 Å². The minimum atomic E-state index is -0.178. The van der Waals surface area contributed by atoms with Crippen molar-refractivity contribution in [3.05, 3.63) is 76.6 Å². The molecular formula is C25H27N5O4. The number of carbonyl (C=O) groups is 2. The summed E-state index contributed by atoms with van der Waals surface area (Å²) in [5.41, 5.74) is 3.82. The number of ether oxygens (including phenoxy) is 2. The number of fused-ring (bicyclic) bond motifs is 1. The molecule has 34 heavy (non-hydrogen) atoms. The third-order valence-corrected chi connectivity index (χ3v) is 6.44. The SMILES string of the molecule is COc1ccccc1C(=O)N1CCN(C(=O)c2nnn3c2COC(c2ccc(C)cc2)C3)CC1. The van der Waals surface area contributed by atoms with Crippen LogP contribution in [0.5, 0.6) is 5.75 Å². The molecule has 2 aliphatic heterocycles. The normalized spacial score (nSPS) is 17.9. The van der Waals surface area contributed by atoms with Gasteiger partial charge in [-0.3, -0.25) is 9.59 Å². The number of benzene rings is 2. The van der Waals surface area contributed by atoms with E-state index in [0.29, 0.717) is 55.4 Å². The number of nitrogens with zero attached hydrogens (tertiary/aromatic N) is 5. The maximum atomic E-state index is 13.2. The summed E-state index contributed by atoms with van der Waals surface area (Å²) in [6.45, 7) is 4.58. The van der Waals surface area contributed by atoms with Crippen LogP contribution in [0.15, 0.2) is 48.5 Å². The first-order valence-corrected chi connectivity index (χ1v) is 11.4. The van der Waals surface area contributed by atoms with Gasteiger partial charge in [-0.05, 0) is 24.6 Å². The number of hydrogen-bond donors (Lipinski definition) is 0. The summed E-state index contributed by atoms with van der Waals surface area (Å²) >= 11 is 0. The maximum Gasteiger partial charge on any atom is 0.276 e. The molecule has 1 unspecified atom stereocenters. The van der Waals surface area contributed by atoms with Crippen LogP contribution in [0.4, 0.5) is 0 Å². The second kappa shape index (κ2) is 9.26. The van der Waals surface area contributed by atoms with Crippen LogP contribution in [0, 0.1) is 6.92 Å². The van der Waals surface area contributed by atoms with Crippen molar-refractivity contribution in [1.29, 1.82) is 0 Å². The van der Waals surface area contributed by atoms with Gasteiger partial charge >= 0.3 is 0 Å². The molecule has 5 rings (SSSR count). The van der Waals surface area contributed by atoms with Crippen LogP contribution in [-0.4, -0.2) is 69.9 Å². The number of piperazine rings is 1. The number of aryl methyl sites for hydroxylation is 1. The van der Waals surface area contributed by atoms with Crippen LogP contribution in [-0.2, 0) is 17.9 Å². The van der Waals surface area contributed by atoms with E-state index in [2.05, 4.69) is 34.6 Å². The monoisotopic (exact) mass is 461 g/mol. The zero-order valence-corrected chi connectivity index (χ0v) is 19.3. The highest BCUT2D eigenvalue weighted by Gasteiger charge is 2.32. The Morgan fingerprint density at radius 1 is 0.971 bits per heavy atom. The summed E-state index contributed by atoms with van der Waals surface area (Å²) in [4.78, 5) is 29.6. The minimum Gasteiger partial charge on any atom is -0.496 e. The van der Waals surface area contributed by atoms with E-state index in [9.17, 15) is 9.59 Å². The highest BCUT2D eigenvalue weighted by Crippen LogP contribution is 2.28. The van der Waals surface area contributed by atoms with Gasteiger partial charge in [-0.1, -0.05) is 47.2 Å². The zero-order valence-electron chi connectivity index (χ0n) is 19.3. The Hall–Kier alpha value is -3.72. The van der Waals surface area contributed by atoms with Gasteiger partial charge in [0, 0.05) is 26.2 Å². The number of hydrogen-bond acceptors (Lipinski definition) is 6. The quantitative estimate of drug-likeness (QED) is 0.593. The van der Waals surface area contributed by atoms with Crippen LogP contribution >= 0.6 is 0 Å². The fourth-order valence-corrected chi connectivity index (χ4v) is 4.41. The lowest BCUT2D eigenvalue weighted by Gasteiger charge is -2.34. The summed E-state index contributed by atoms with van der Waals surface area (Å²) < 4.78 is 13.1. The van der Waals surface area contributed by atoms with Crippen molar-refractivity contribution >= 4 is 11.8 Å². The van der Waals surface area contributed by atoms with Crippen LogP contribution in [0.25, 0.3) is 0 Å². The van der Waals surface area contributed by atoms with Crippen molar-refractivity contribution in [2.75, 3.05) is 33.3 Å². The minimum absolute atomic E-state index is 0.0962. The van der Waals surface area contributed by atoms with Gasteiger partial charge in [0.05, 0.1) is 31.5 Å². The predicted molar refractivity (Wildman–Crippen MR) is 124 cm³/mol. The second-order valence-electron chi connectivity index (χ2n) is 8.56. The molecule has 2 aliphatic rings. The highest BCUT2D eigenvalue weighted by molar-refractivity contribution is 5.97. The van der Waals surface area contributed by atoms with Gasteiger partial charge in [0.25, 0.3) is 11.8 Å². The van der Waals surface area contributed by atoms with E-state index < -0.39 is 0 Å². The van der Waals surface area contributed by atoms with Gasteiger partial charge in [-0.2, -0.15) is 0 Å². The van der Waals surface area contributed by atoms with Crippen molar-refractivity contribution in [3.8, 4) is 5.75 Å². The average Bonchev–Trinajstić information content (AvgIpc) is 3.31. The van der Waals surface area contributed by atoms with Crippen LogP contribution in [0.2, 0.25) is 0 Å². The number of aromatic nitrogens is 3. The van der Waals surface area contributed by atoms with Gasteiger partial charge in [0.2, 0.25) is 0 Å². The van der Waals surface area contributed by atoms with E-state index >= 15 is 0 Å². The fraction of sp³-hybridized carbons (Fsp3) is 0.360. The molecule has 1 atom stereocenters. The summed E-state index contributed by atoms with van der Waals surface area (Å²) in [5.74, 6) is 0.273. The molecule has 176 valence electrons. The summed E-state index contributed by atoms with van der Waals surface area (Å²) in [6, 6.07) is 15.4. The molecule has 1 saturated heterocycles. The molecule has 2 amide bonds. The lowest BCUT2D eigenvalue weighted by molar-refractivity contribution is -0.00203. The lowest BCUT2D eigenvalue weighted by Crippen LogP contribution is -2.50. The molecule has 3 aromatic rings. The molecule has 9 heteroatoms. The van der Waals surface area contributed by atoms with E-state index in [-0.39, 0.29) is 24.5 Å². The average molecular weight is 462 g/mol. The molecule has 0 bridgehead atoms. The molecule has 0 radical (unpaired) electrons. The first-order chi connectivity index (χ1) is 16.5. The molecule has 1 fully saturated rings. The van der Waals surface area contributed by atoms with Gasteiger partial charge in [0.1, 0.15) is 11.9 Å². The molecular weight excluding hydrogens is 434 g/mol. The number of carbonyl (C=O) groups excluding carboxylic acids is 2. The van der Waals surface area contributed by atoms with E-state index in [0.717, 1.165) is 5.56 Å². The number of para-hydroxylation sites is 1. The van der Waals surface area contributed by atoms with Gasteiger partial charge in [-0.15, -0.1) is 5.10 Å². The van der Waals surface area contributed by atoms with Crippen molar-refractivity contribution in [2.24, 2.45) is 0 Å². The second-order valence-corrected chi connectivity index (χ2v) is 8.56. The first-order valence-electron chi connectivity index (χ1n) is 11.4. The van der Waals surface area contributed by atoms with Crippen LogP contribution in [0.3, 0.4) is 0 Å². The van der Waals surface area contributed by atoms with Crippen LogP contribution < -0.4 is 4.74 Å². The van der Waals surface area contributed by atoms with E-state index in [1.165, 1.54) is 5.56 Å². The Kier molecular flexibility index (Phi) is 6.02. The topological polar surface area (TPSA) is 89.8 Å². The largest absolute Gasteiger partial charge is 0.496 e. The summed E-state index contributed by atoms with van der Waals surface area (Å²) in [6.07, 6.45) is -0.123. The number of rotatable bonds is 4. The van der Waals surface area contributed by atoms with Crippen LogP contribution in [0.1, 0.15) is 43.8 Å². The van der Waals surface area contributed by atoms with E-state index in [1.807, 2.05) is 19.1 Å². The zero-order chi connectivity index (χ0) is 23.7. The Balaban J connectivity index is 1.23. The van der Waals surface area contributed by atoms with Gasteiger partial charge in [0.15, 0.2) is 5.69 Å². The smallest absolute Gasteiger partial charge is 0.276 e. The highest BCUT2D eigenvalue weighted by atomic mass is 16.5. The third kappa shape index (κ3) is 4.14. The number of amides is 2. The lowest BCUT2D eigenvalue weighted by atomic mass is 10.1. The van der Waals surface area contributed by atoms with E-state index in [1.54, 1.807) is 33.7 Å². The van der Waals surface area contributed by atoms with Gasteiger partial charge in [-0.25, -0.2) is 4.68 Å². The van der Waals surface area contributed by atoms with E-state index in [4.69, 9.17) is 9.47 Å². The molecule has 0 saturated carbocycles. The first kappa shape index (κ1) is 22.1. The fourth-order valence-electron chi connectivity index (χ4n) is 4.41. The van der Waals surface area contributed by atoms with Crippen molar-refractivity contribution < 1.29 is 19.1 Å². The summed E-state index contributed by atoms with van der Waals surface area (Å²) in [5, 5.41) is 8.41. The van der Waals surface area contributed by atoms with Crippen molar-refractivity contribution in [3.63, 3.8) is 0 Å². The van der Waals surface area contributed by atoms with Crippen molar-refractivity contribution in [1.82, 2.24) is 24.8 Å². The van der Waals surface area contributed by atoms with Gasteiger partial charge < -0.3 is 19.3 Å². The Morgan fingerprint density at radius 3 is 2.35 bits per heavy atom. The molecule has 0 aliphatic carbocycles. The predicted octanol–water partition coefficient (Wildman–Crippen LogP) is 2.46.